The monoisotopic (exact) mass is 314 g/mol. The van der Waals surface area contributed by atoms with Gasteiger partial charge in [0.2, 0.25) is 0 Å². The Kier molecular flexibility index (Phi) is 4.19. The summed E-state index contributed by atoms with van der Waals surface area (Å²) >= 11 is 0. The Morgan fingerprint density at radius 1 is 1.30 bits per heavy atom. The summed E-state index contributed by atoms with van der Waals surface area (Å²) in [4.78, 5) is 18.0. The predicted molar refractivity (Wildman–Crippen MR) is 92.8 cm³/mol. The third-order valence-electron chi connectivity index (χ3n) is 4.59. The first-order chi connectivity index (χ1) is 10.9. The SMILES string of the molecule is CCN(CC(C)(C)O)C(=O)c1ccc2[nH]c3c(c2c1)CCCC3. The zero-order valence-corrected chi connectivity index (χ0v) is 14.3. The lowest BCUT2D eigenvalue weighted by Crippen LogP contribution is -2.42. The molecule has 2 N–H and O–H groups in total. The first kappa shape index (κ1) is 16.1. The summed E-state index contributed by atoms with van der Waals surface area (Å²) in [6.07, 6.45) is 4.65. The molecule has 1 aromatic carbocycles. The molecular formula is C19H26N2O2. The highest BCUT2D eigenvalue weighted by Crippen LogP contribution is 2.30. The van der Waals surface area contributed by atoms with E-state index in [1.165, 1.54) is 29.5 Å². The van der Waals surface area contributed by atoms with E-state index in [1.807, 2.05) is 25.1 Å². The van der Waals surface area contributed by atoms with Crippen LogP contribution in [0.4, 0.5) is 0 Å². The van der Waals surface area contributed by atoms with E-state index in [2.05, 4.69) is 4.98 Å². The number of amides is 1. The molecule has 0 fully saturated rings. The number of aromatic amines is 1. The van der Waals surface area contributed by atoms with E-state index >= 15 is 0 Å². The van der Waals surface area contributed by atoms with E-state index in [4.69, 9.17) is 0 Å². The number of H-pyrrole nitrogens is 1. The Bertz CT molecular complexity index is 725. The summed E-state index contributed by atoms with van der Waals surface area (Å²) in [7, 11) is 0. The van der Waals surface area contributed by atoms with Crippen molar-refractivity contribution in [2.24, 2.45) is 0 Å². The highest BCUT2D eigenvalue weighted by atomic mass is 16.3. The zero-order chi connectivity index (χ0) is 16.6. The molecule has 0 atom stereocenters. The molecule has 0 spiro atoms. The van der Waals surface area contributed by atoms with E-state index in [-0.39, 0.29) is 5.91 Å². The number of hydrogen-bond acceptors (Lipinski definition) is 2. The van der Waals surface area contributed by atoms with Crippen LogP contribution < -0.4 is 0 Å². The number of benzene rings is 1. The molecule has 0 unspecified atom stereocenters. The first-order valence-electron chi connectivity index (χ1n) is 8.54. The van der Waals surface area contributed by atoms with E-state index < -0.39 is 5.60 Å². The van der Waals surface area contributed by atoms with Gasteiger partial charge in [0.15, 0.2) is 0 Å². The molecule has 1 aromatic heterocycles. The fourth-order valence-electron chi connectivity index (χ4n) is 3.52. The number of nitrogens with zero attached hydrogens (tertiary/aromatic N) is 1. The van der Waals surface area contributed by atoms with Gasteiger partial charge in [-0.25, -0.2) is 0 Å². The number of nitrogens with one attached hydrogen (secondary N) is 1. The van der Waals surface area contributed by atoms with Crippen molar-refractivity contribution in [1.29, 1.82) is 0 Å². The van der Waals surface area contributed by atoms with E-state index in [0.29, 0.717) is 18.7 Å². The van der Waals surface area contributed by atoms with Gasteiger partial charge < -0.3 is 15.0 Å². The molecule has 4 nitrogen and oxygen atoms in total. The Labute approximate surface area is 137 Å². The van der Waals surface area contributed by atoms with Crippen molar-refractivity contribution in [3.8, 4) is 0 Å². The summed E-state index contributed by atoms with van der Waals surface area (Å²) in [6, 6.07) is 5.92. The zero-order valence-electron chi connectivity index (χ0n) is 14.3. The molecule has 4 heteroatoms. The van der Waals surface area contributed by atoms with Gasteiger partial charge in [0.1, 0.15) is 0 Å². The van der Waals surface area contributed by atoms with Crippen molar-refractivity contribution in [1.82, 2.24) is 9.88 Å². The molecule has 1 heterocycles. The topological polar surface area (TPSA) is 56.3 Å². The summed E-state index contributed by atoms with van der Waals surface area (Å²) in [5.74, 6) is -0.0118. The number of rotatable bonds is 4. The molecule has 1 amide bonds. The van der Waals surface area contributed by atoms with Crippen LogP contribution in [-0.2, 0) is 12.8 Å². The molecular weight excluding hydrogens is 288 g/mol. The van der Waals surface area contributed by atoms with Gasteiger partial charge in [-0.2, -0.15) is 0 Å². The van der Waals surface area contributed by atoms with E-state index in [1.54, 1.807) is 18.7 Å². The predicted octanol–water partition coefficient (Wildman–Crippen LogP) is 3.28. The van der Waals surface area contributed by atoms with Gasteiger partial charge in [0.25, 0.3) is 5.91 Å². The number of carbonyl (C=O) groups excluding carboxylic acids is 1. The number of aliphatic hydroxyl groups is 1. The normalized spacial score (nSPS) is 14.8. The number of fused-ring (bicyclic) bond motifs is 3. The average molecular weight is 314 g/mol. The Morgan fingerprint density at radius 3 is 2.74 bits per heavy atom. The van der Waals surface area contributed by atoms with Crippen LogP contribution >= 0.6 is 0 Å². The Morgan fingerprint density at radius 2 is 2.04 bits per heavy atom. The van der Waals surface area contributed by atoms with Crippen LogP contribution in [0.5, 0.6) is 0 Å². The minimum atomic E-state index is -0.886. The molecule has 0 aliphatic heterocycles. The average Bonchev–Trinajstić information content (AvgIpc) is 2.89. The van der Waals surface area contributed by atoms with Crippen molar-refractivity contribution in [3.05, 3.63) is 35.0 Å². The lowest BCUT2D eigenvalue weighted by molar-refractivity contribution is 0.0315. The molecule has 0 radical (unpaired) electrons. The smallest absolute Gasteiger partial charge is 0.253 e. The maximum absolute atomic E-state index is 12.8. The van der Waals surface area contributed by atoms with Crippen LogP contribution in [-0.4, -0.2) is 39.6 Å². The Hall–Kier alpha value is -1.81. The molecule has 0 saturated heterocycles. The summed E-state index contributed by atoms with van der Waals surface area (Å²) in [5.41, 5.74) is 3.66. The third-order valence-corrected chi connectivity index (χ3v) is 4.59. The summed E-state index contributed by atoms with van der Waals surface area (Å²) < 4.78 is 0. The van der Waals surface area contributed by atoms with E-state index in [9.17, 15) is 9.90 Å². The fourth-order valence-corrected chi connectivity index (χ4v) is 3.52. The van der Waals surface area contributed by atoms with Gasteiger partial charge >= 0.3 is 0 Å². The lowest BCUT2D eigenvalue weighted by Gasteiger charge is -2.28. The van der Waals surface area contributed by atoms with Crippen LogP contribution in [0.3, 0.4) is 0 Å². The van der Waals surface area contributed by atoms with Crippen molar-refractivity contribution >= 4 is 16.8 Å². The number of aromatic nitrogens is 1. The molecule has 1 aliphatic rings. The highest BCUT2D eigenvalue weighted by Gasteiger charge is 2.23. The lowest BCUT2D eigenvalue weighted by atomic mass is 9.95. The van der Waals surface area contributed by atoms with Gasteiger partial charge in [-0.15, -0.1) is 0 Å². The van der Waals surface area contributed by atoms with Gasteiger partial charge in [-0.3, -0.25) is 4.79 Å². The van der Waals surface area contributed by atoms with Crippen LogP contribution in [0.1, 0.15) is 55.2 Å². The second-order valence-electron chi connectivity index (χ2n) is 7.18. The highest BCUT2D eigenvalue weighted by molar-refractivity contribution is 5.99. The molecule has 23 heavy (non-hydrogen) atoms. The van der Waals surface area contributed by atoms with Gasteiger partial charge in [-0.1, -0.05) is 0 Å². The van der Waals surface area contributed by atoms with Crippen molar-refractivity contribution in [3.63, 3.8) is 0 Å². The van der Waals surface area contributed by atoms with Crippen LogP contribution in [0, 0.1) is 0 Å². The van der Waals surface area contributed by atoms with Gasteiger partial charge in [0, 0.05) is 35.2 Å². The molecule has 3 rings (SSSR count). The molecule has 2 aromatic rings. The minimum absolute atomic E-state index is 0.0118. The number of carbonyl (C=O) groups is 1. The van der Waals surface area contributed by atoms with Crippen molar-refractivity contribution in [2.75, 3.05) is 13.1 Å². The number of aryl methyl sites for hydroxylation is 2. The van der Waals surface area contributed by atoms with Crippen molar-refractivity contribution in [2.45, 2.75) is 52.1 Å². The standard InChI is InChI=1S/C19H26N2O2/c1-4-21(12-19(2,3)23)18(22)13-9-10-17-15(11-13)14-7-5-6-8-16(14)20-17/h9-11,20,23H,4-8,12H2,1-3H3. The molecule has 124 valence electrons. The van der Waals surface area contributed by atoms with Gasteiger partial charge in [0.05, 0.1) is 5.60 Å². The molecule has 0 bridgehead atoms. The summed E-state index contributed by atoms with van der Waals surface area (Å²) in [6.45, 7) is 6.33. The second-order valence-corrected chi connectivity index (χ2v) is 7.18. The summed E-state index contributed by atoms with van der Waals surface area (Å²) in [5, 5.41) is 11.2. The van der Waals surface area contributed by atoms with Crippen LogP contribution in [0.15, 0.2) is 18.2 Å². The maximum Gasteiger partial charge on any atom is 0.253 e. The second kappa shape index (κ2) is 6.00. The Balaban J connectivity index is 1.94. The number of likely N-dealkylation sites (N-methyl/N-ethyl adjacent to an activating group) is 1. The van der Waals surface area contributed by atoms with Crippen LogP contribution in [0.25, 0.3) is 10.9 Å². The van der Waals surface area contributed by atoms with Crippen molar-refractivity contribution < 1.29 is 9.90 Å². The fraction of sp³-hybridized carbons (Fsp3) is 0.526. The number of hydrogen-bond donors (Lipinski definition) is 2. The largest absolute Gasteiger partial charge is 0.389 e. The minimum Gasteiger partial charge on any atom is -0.389 e. The molecule has 1 aliphatic carbocycles. The molecule has 0 saturated carbocycles. The third kappa shape index (κ3) is 3.27. The van der Waals surface area contributed by atoms with Crippen LogP contribution in [0.2, 0.25) is 0 Å². The maximum atomic E-state index is 12.8. The van der Waals surface area contributed by atoms with Gasteiger partial charge in [-0.05, 0) is 70.2 Å². The quantitative estimate of drug-likeness (QED) is 0.910. The van der Waals surface area contributed by atoms with E-state index in [0.717, 1.165) is 18.4 Å². The first-order valence-corrected chi connectivity index (χ1v) is 8.54.